The highest BCUT2D eigenvalue weighted by atomic mass is 15.1. The fraction of sp³-hybridized carbons (Fsp3) is 0.111. The number of fused-ring (bicyclic) bond motifs is 3. The number of benzene rings is 3. The molecule has 0 N–H and O–H groups in total. The largest absolute Gasteiger partial charge is 0.311 e. The molecule has 0 unspecified atom stereocenters. The van der Waals surface area contributed by atoms with Gasteiger partial charge < -0.3 is 4.90 Å². The highest BCUT2D eigenvalue weighted by molar-refractivity contribution is 5.77. The second-order valence-corrected chi connectivity index (χ2v) is 9.99. The van der Waals surface area contributed by atoms with E-state index in [2.05, 4.69) is 167 Å². The van der Waals surface area contributed by atoms with Crippen LogP contribution < -0.4 is 14.0 Å². The first-order valence-electron chi connectivity index (χ1n) is 13.6. The minimum Gasteiger partial charge on any atom is -0.311 e. The van der Waals surface area contributed by atoms with E-state index in [1.165, 1.54) is 28.1 Å². The molecule has 5 aromatic rings. The summed E-state index contributed by atoms with van der Waals surface area (Å²) >= 11 is 0. The quantitative estimate of drug-likeness (QED) is 0.168. The van der Waals surface area contributed by atoms with Gasteiger partial charge in [0.15, 0.2) is 25.5 Å². The third-order valence-corrected chi connectivity index (χ3v) is 7.18. The van der Waals surface area contributed by atoms with E-state index in [0.29, 0.717) is 0 Å². The molecule has 3 aromatic carbocycles. The number of anilines is 3. The van der Waals surface area contributed by atoms with Gasteiger partial charge in [-0.25, -0.2) is 0 Å². The fourth-order valence-electron chi connectivity index (χ4n) is 5.20. The Morgan fingerprint density at radius 1 is 0.564 bits per heavy atom. The molecule has 39 heavy (non-hydrogen) atoms. The summed E-state index contributed by atoms with van der Waals surface area (Å²) in [5.74, 6) is 0. The van der Waals surface area contributed by atoms with E-state index >= 15 is 0 Å². The van der Waals surface area contributed by atoms with Gasteiger partial charge in [0.25, 0.3) is 11.4 Å². The molecule has 0 atom stereocenters. The Balaban J connectivity index is 1.20. The Morgan fingerprint density at radius 2 is 1.10 bits per heavy atom. The summed E-state index contributed by atoms with van der Waals surface area (Å²) < 4.78 is 4.75. The van der Waals surface area contributed by atoms with Gasteiger partial charge >= 0.3 is 0 Å². The molecule has 0 radical (unpaired) electrons. The minimum atomic E-state index is 1.04. The van der Waals surface area contributed by atoms with E-state index in [4.69, 9.17) is 0 Å². The van der Waals surface area contributed by atoms with E-state index in [1.807, 2.05) is 0 Å². The number of nitrogens with zero attached hydrogens (tertiary/aromatic N) is 3. The van der Waals surface area contributed by atoms with Crippen molar-refractivity contribution in [2.75, 3.05) is 4.90 Å². The van der Waals surface area contributed by atoms with Crippen molar-refractivity contribution in [3.8, 4) is 11.4 Å². The smallest absolute Gasteiger partial charge is 0.277 e. The molecule has 1 aliphatic heterocycles. The van der Waals surface area contributed by atoms with E-state index < -0.39 is 0 Å². The Kier molecular flexibility index (Phi) is 7.13. The Bertz CT molecular complexity index is 1580. The lowest BCUT2D eigenvalue weighted by Crippen LogP contribution is -2.37. The van der Waals surface area contributed by atoms with Crippen LogP contribution in [0.3, 0.4) is 0 Å². The van der Waals surface area contributed by atoms with Crippen molar-refractivity contribution < 1.29 is 9.13 Å². The lowest BCUT2D eigenvalue weighted by molar-refractivity contribution is -0.688. The van der Waals surface area contributed by atoms with Crippen molar-refractivity contribution in [1.29, 1.82) is 0 Å². The molecule has 0 spiro atoms. The number of rotatable bonds is 6. The number of hydrogen-bond donors (Lipinski definition) is 0. The standard InChI is InChI=1S/C36H33N3/c1-29-21-25-37-23-10-24-38-26-22-31(28-36(38)35(37)27-29)12-9-8-11-30-17-19-34(20-18-30)39(32-13-4-2-5-14-32)33-15-6-3-7-16-33/h2-9,11-22,25-28H,10,23-24H2,1H3/q+2. The van der Waals surface area contributed by atoms with Gasteiger partial charge in [0.05, 0.1) is 6.42 Å². The lowest BCUT2D eigenvalue weighted by atomic mass is 10.1. The third-order valence-electron chi connectivity index (χ3n) is 7.18. The Hall–Kier alpha value is -4.76. The van der Waals surface area contributed by atoms with Gasteiger partial charge in [-0.05, 0) is 60.0 Å². The van der Waals surface area contributed by atoms with Gasteiger partial charge in [-0.15, -0.1) is 0 Å². The molecular weight excluding hydrogens is 474 g/mol. The molecule has 3 nitrogen and oxygen atoms in total. The topological polar surface area (TPSA) is 11.0 Å². The molecule has 1 aliphatic rings. The molecule has 0 bridgehead atoms. The van der Waals surface area contributed by atoms with Crippen LogP contribution >= 0.6 is 0 Å². The van der Waals surface area contributed by atoms with Crippen LogP contribution in [0.5, 0.6) is 0 Å². The average molecular weight is 508 g/mol. The molecule has 0 fully saturated rings. The van der Waals surface area contributed by atoms with Crippen molar-refractivity contribution in [3.63, 3.8) is 0 Å². The van der Waals surface area contributed by atoms with E-state index in [0.717, 1.165) is 36.6 Å². The second-order valence-electron chi connectivity index (χ2n) is 9.99. The predicted octanol–water partition coefficient (Wildman–Crippen LogP) is 7.84. The van der Waals surface area contributed by atoms with Crippen LogP contribution in [0, 0.1) is 6.92 Å². The monoisotopic (exact) mass is 507 g/mol. The molecule has 0 amide bonds. The number of pyridine rings is 2. The van der Waals surface area contributed by atoms with Gasteiger partial charge in [0, 0.05) is 41.3 Å². The zero-order valence-electron chi connectivity index (χ0n) is 22.3. The van der Waals surface area contributed by atoms with E-state index in [1.54, 1.807) is 0 Å². The van der Waals surface area contributed by atoms with Crippen molar-refractivity contribution in [3.05, 3.63) is 150 Å². The van der Waals surface area contributed by atoms with Crippen molar-refractivity contribution >= 4 is 29.2 Å². The number of aromatic nitrogens is 2. The molecular formula is C36H33N3+2. The van der Waals surface area contributed by atoms with Crippen LogP contribution in [-0.4, -0.2) is 0 Å². The van der Waals surface area contributed by atoms with Gasteiger partial charge in [0.1, 0.15) is 0 Å². The van der Waals surface area contributed by atoms with Crippen LogP contribution in [-0.2, 0) is 13.1 Å². The maximum Gasteiger partial charge on any atom is 0.277 e. The third kappa shape index (κ3) is 5.58. The van der Waals surface area contributed by atoms with Gasteiger partial charge in [-0.1, -0.05) is 72.8 Å². The van der Waals surface area contributed by atoms with E-state index in [-0.39, 0.29) is 0 Å². The maximum absolute atomic E-state index is 2.38. The van der Waals surface area contributed by atoms with E-state index in [9.17, 15) is 0 Å². The Morgan fingerprint density at radius 3 is 1.74 bits per heavy atom. The number of hydrogen-bond acceptors (Lipinski definition) is 1. The number of para-hydroxylation sites is 2. The molecule has 190 valence electrons. The molecule has 2 aromatic heterocycles. The number of aryl methyl sites for hydroxylation is 3. The summed E-state index contributed by atoms with van der Waals surface area (Å²) in [4.78, 5) is 2.28. The summed E-state index contributed by atoms with van der Waals surface area (Å²) in [6.07, 6.45) is 14.2. The minimum absolute atomic E-state index is 1.04. The second kappa shape index (κ2) is 11.3. The van der Waals surface area contributed by atoms with Crippen LogP contribution in [0.4, 0.5) is 17.1 Å². The van der Waals surface area contributed by atoms with Crippen LogP contribution in [0.1, 0.15) is 23.1 Å². The first-order chi connectivity index (χ1) is 19.2. The zero-order valence-corrected chi connectivity index (χ0v) is 22.3. The summed E-state index contributed by atoms with van der Waals surface area (Å²) in [7, 11) is 0. The molecule has 3 heteroatoms. The Labute approximate surface area is 231 Å². The highest BCUT2D eigenvalue weighted by Crippen LogP contribution is 2.34. The fourth-order valence-corrected chi connectivity index (χ4v) is 5.20. The molecule has 0 saturated heterocycles. The normalized spacial score (nSPS) is 12.7. The molecule has 6 rings (SSSR count). The first kappa shape index (κ1) is 24.6. The van der Waals surface area contributed by atoms with Gasteiger partial charge in [0.2, 0.25) is 0 Å². The molecule has 0 saturated carbocycles. The van der Waals surface area contributed by atoms with Crippen molar-refractivity contribution in [2.45, 2.75) is 26.4 Å². The molecule has 0 aliphatic carbocycles. The lowest BCUT2D eigenvalue weighted by Gasteiger charge is -2.25. The van der Waals surface area contributed by atoms with Gasteiger partial charge in [-0.2, -0.15) is 9.13 Å². The maximum atomic E-state index is 2.38. The molecule has 3 heterocycles. The van der Waals surface area contributed by atoms with Crippen LogP contribution in [0.2, 0.25) is 0 Å². The van der Waals surface area contributed by atoms with Gasteiger partial charge in [-0.3, -0.25) is 0 Å². The van der Waals surface area contributed by atoms with Crippen molar-refractivity contribution in [2.24, 2.45) is 0 Å². The summed E-state index contributed by atoms with van der Waals surface area (Å²) in [6.45, 7) is 4.26. The summed E-state index contributed by atoms with van der Waals surface area (Å²) in [6, 6.07) is 38.7. The summed E-state index contributed by atoms with van der Waals surface area (Å²) in [5, 5.41) is 0. The number of allylic oxidation sites excluding steroid dienone is 2. The zero-order chi connectivity index (χ0) is 26.4. The predicted molar refractivity (Wildman–Crippen MR) is 161 cm³/mol. The van der Waals surface area contributed by atoms with Crippen molar-refractivity contribution in [1.82, 2.24) is 0 Å². The highest BCUT2D eigenvalue weighted by Gasteiger charge is 2.26. The summed E-state index contributed by atoms with van der Waals surface area (Å²) in [5.41, 5.74) is 9.66. The van der Waals surface area contributed by atoms with Crippen LogP contribution in [0.15, 0.2) is 134 Å². The first-order valence-corrected chi connectivity index (χ1v) is 13.6. The average Bonchev–Trinajstić information content (AvgIpc) is 3.16. The SMILES string of the molecule is Cc1cc[n+]2c(c1)-c1cc(/C=C/C=C/c3ccc(N(c4ccccc4)c4ccccc4)cc3)cc[n+]1CCC2. The van der Waals surface area contributed by atoms with Crippen LogP contribution in [0.25, 0.3) is 23.5 Å².